The van der Waals surface area contributed by atoms with Crippen LogP contribution in [0.3, 0.4) is 0 Å². The Morgan fingerprint density at radius 2 is 1.65 bits per heavy atom. The molecule has 0 aromatic heterocycles. The first-order valence-electron chi connectivity index (χ1n) is 17.1. The zero-order valence-electron chi connectivity index (χ0n) is 27.1. The SMILES string of the molecule is CCNC(=O)[C@]1(Cc2ccccc2)CCCN(C(=O)C(Cc2ccc(F)c(F)c2)NC(=O)N2CCCC(CN3CCCCC3)C2)C1. The molecule has 0 spiro atoms. The number of hydrogen-bond donors (Lipinski definition) is 2. The minimum atomic E-state index is -0.999. The van der Waals surface area contributed by atoms with Crippen molar-refractivity contribution in [1.82, 2.24) is 25.3 Å². The molecule has 8 nitrogen and oxygen atoms in total. The summed E-state index contributed by atoms with van der Waals surface area (Å²) in [7, 11) is 0. The molecule has 3 aliphatic rings. The van der Waals surface area contributed by atoms with Gasteiger partial charge < -0.3 is 25.3 Å². The van der Waals surface area contributed by atoms with E-state index in [1.807, 2.05) is 37.3 Å². The highest BCUT2D eigenvalue weighted by molar-refractivity contribution is 5.89. The number of carbonyl (C=O) groups is 3. The molecular formula is C36H49F2N5O3. The molecule has 10 heteroatoms. The van der Waals surface area contributed by atoms with Gasteiger partial charge >= 0.3 is 6.03 Å². The highest BCUT2D eigenvalue weighted by Gasteiger charge is 2.44. The molecule has 0 radical (unpaired) electrons. The monoisotopic (exact) mass is 637 g/mol. The van der Waals surface area contributed by atoms with Crippen molar-refractivity contribution < 1.29 is 23.2 Å². The fraction of sp³-hybridized carbons (Fsp3) is 0.583. The zero-order chi connectivity index (χ0) is 32.5. The maximum atomic E-state index is 14.3. The number of piperidine rings is 3. The Labute approximate surface area is 271 Å². The van der Waals surface area contributed by atoms with E-state index in [2.05, 4.69) is 15.5 Å². The number of amides is 4. The maximum absolute atomic E-state index is 14.3. The number of nitrogens with zero attached hydrogens (tertiary/aromatic N) is 3. The molecule has 46 heavy (non-hydrogen) atoms. The Morgan fingerprint density at radius 1 is 0.891 bits per heavy atom. The van der Waals surface area contributed by atoms with Gasteiger partial charge in [0.05, 0.1) is 5.41 Å². The Bertz CT molecular complexity index is 1340. The lowest BCUT2D eigenvalue weighted by atomic mass is 9.74. The highest BCUT2D eigenvalue weighted by Crippen LogP contribution is 2.35. The van der Waals surface area contributed by atoms with Crippen LogP contribution >= 0.6 is 0 Å². The minimum Gasteiger partial charge on any atom is -0.356 e. The number of urea groups is 1. The number of carbonyl (C=O) groups excluding carboxylic acids is 3. The first-order valence-corrected chi connectivity index (χ1v) is 17.1. The van der Waals surface area contributed by atoms with Gasteiger partial charge in [0.1, 0.15) is 6.04 Å². The van der Waals surface area contributed by atoms with Gasteiger partial charge in [-0.1, -0.05) is 42.8 Å². The van der Waals surface area contributed by atoms with Crippen molar-refractivity contribution in [1.29, 1.82) is 0 Å². The van der Waals surface area contributed by atoms with Gasteiger partial charge in [-0.25, -0.2) is 13.6 Å². The van der Waals surface area contributed by atoms with Crippen LogP contribution in [-0.4, -0.2) is 90.9 Å². The molecule has 3 saturated heterocycles. The number of halogens is 2. The third-order valence-corrected chi connectivity index (χ3v) is 9.88. The predicted molar refractivity (Wildman–Crippen MR) is 174 cm³/mol. The van der Waals surface area contributed by atoms with Gasteiger partial charge in [-0.15, -0.1) is 0 Å². The topological polar surface area (TPSA) is 85.0 Å². The Kier molecular flexibility index (Phi) is 11.7. The Hall–Kier alpha value is -3.53. The van der Waals surface area contributed by atoms with E-state index >= 15 is 0 Å². The molecule has 5 rings (SSSR count). The molecule has 0 aliphatic carbocycles. The van der Waals surface area contributed by atoms with Crippen molar-refractivity contribution in [3.63, 3.8) is 0 Å². The summed E-state index contributed by atoms with van der Waals surface area (Å²) >= 11 is 0. The van der Waals surface area contributed by atoms with Crippen LogP contribution in [0, 0.1) is 23.0 Å². The van der Waals surface area contributed by atoms with E-state index in [1.165, 1.54) is 25.3 Å². The molecule has 0 saturated carbocycles. The number of rotatable bonds is 10. The summed E-state index contributed by atoms with van der Waals surface area (Å²) in [5.74, 6) is -2.00. The average Bonchev–Trinajstić information content (AvgIpc) is 3.07. The predicted octanol–water partition coefficient (Wildman–Crippen LogP) is 4.77. The lowest BCUT2D eigenvalue weighted by Crippen LogP contribution is -2.59. The molecule has 2 N–H and O–H groups in total. The number of hydrogen-bond acceptors (Lipinski definition) is 4. The summed E-state index contributed by atoms with van der Waals surface area (Å²) in [6.07, 6.45) is 7.42. The van der Waals surface area contributed by atoms with Gasteiger partial charge in [-0.05, 0) is 94.1 Å². The van der Waals surface area contributed by atoms with Crippen LogP contribution in [0.25, 0.3) is 0 Å². The summed E-state index contributed by atoms with van der Waals surface area (Å²) < 4.78 is 28.0. The molecule has 3 atom stereocenters. The Morgan fingerprint density at radius 3 is 2.39 bits per heavy atom. The molecule has 2 aromatic rings. The fourth-order valence-electron chi connectivity index (χ4n) is 7.53. The molecular weight excluding hydrogens is 588 g/mol. The summed E-state index contributed by atoms with van der Waals surface area (Å²) in [6, 6.07) is 12.1. The standard InChI is InChI=1S/C36H49F2N5O3/c1-2-39-34(45)36(23-27-11-5-3-6-12-27)16-10-20-43(26-36)33(44)32(22-28-14-15-30(37)31(38)21-28)40-35(46)42-19-9-13-29(25-42)24-41-17-7-4-8-18-41/h3,5-6,11-12,14-15,21,29,32H,2,4,7-10,13,16-20,22-26H2,1H3,(H,39,45)(H,40,46)/t29?,32?,36-/m0/s1. The molecule has 2 unspecified atom stereocenters. The van der Waals surface area contributed by atoms with Crippen molar-refractivity contribution in [2.24, 2.45) is 11.3 Å². The van der Waals surface area contributed by atoms with Gasteiger partial charge in [0.25, 0.3) is 0 Å². The summed E-state index contributed by atoms with van der Waals surface area (Å²) in [5.41, 5.74) is 0.602. The summed E-state index contributed by atoms with van der Waals surface area (Å²) in [4.78, 5) is 47.6. The second-order valence-electron chi connectivity index (χ2n) is 13.4. The second kappa shape index (κ2) is 15.8. The van der Waals surface area contributed by atoms with Crippen LogP contribution in [0.2, 0.25) is 0 Å². The largest absolute Gasteiger partial charge is 0.356 e. The molecule has 2 aromatic carbocycles. The molecule has 0 bridgehead atoms. The lowest BCUT2D eigenvalue weighted by Gasteiger charge is -2.43. The van der Waals surface area contributed by atoms with Crippen molar-refractivity contribution in [3.05, 3.63) is 71.3 Å². The van der Waals surface area contributed by atoms with E-state index in [0.717, 1.165) is 50.2 Å². The quantitative estimate of drug-likeness (QED) is 0.393. The number of nitrogens with one attached hydrogen (secondary N) is 2. The van der Waals surface area contributed by atoms with E-state index in [-0.39, 0.29) is 30.8 Å². The smallest absolute Gasteiger partial charge is 0.318 e. The third kappa shape index (κ3) is 8.63. The maximum Gasteiger partial charge on any atom is 0.318 e. The summed E-state index contributed by atoms with van der Waals surface area (Å²) in [5, 5.41) is 5.98. The minimum absolute atomic E-state index is 0.0101. The van der Waals surface area contributed by atoms with Crippen LogP contribution in [0.1, 0.15) is 63.0 Å². The number of likely N-dealkylation sites (tertiary alicyclic amines) is 3. The van der Waals surface area contributed by atoms with Gasteiger partial charge in [-0.3, -0.25) is 9.59 Å². The highest BCUT2D eigenvalue weighted by atomic mass is 19.2. The fourth-order valence-corrected chi connectivity index (χ4v) is 7.53. The molecule has 3 aliphatic heterocycles. The van der Waals surface area contributed by atoms with E-state index in [9.17, 15) is 23.2 Å². The van der Waals surface area contributed by atoms with Crippen molar-refractivity contribution >= 4 is 17.8 Å². The van der Waals surface area contributed by atoms with Crippen molar-refractivity contribution in [2.45, 2.75) is 70.8 Å². The van der Waals surface area contributed by atoms with Crippen LogP contribution in [-0.2, 0) is 22.4 Å². The normalized spacial score (nSPS) is 23.1. The van der Waals surface area contributed by atoms with Crippen LogP contribution in [0.5, 0.6) is 0 Å². The first-order chi connectivity index (χ1) is 22.3. The zero-order valence-corrected chi connectivity index (χ0v) is 27.1. The average molecular weight is 638 g/mol. The van der Waals surface area contributed by atoms with E-state index in [1.54, 1.807) is 9.80 Å². The van der Waals surface area contributed by atoms with Gasteiger partial charge in [0, 0.05) is 45.7 Å². The van der Waals surface area contributed by atoms with Gasteiger partial charge in [-0.2, -0.15) is 0 Å². The van der Waals surface area contributed by atoms with E-state index in [4.69, 9.17) is 0 Å². The van der Waals surface area contributed by atoms with Gasteiger partial charge in [0.15, 0.2) is 11.6 Å². The lowest BCUT2D eigenvalue weighted by molar-refractivity contribution is -0.142. The van der Waals surface area contributed by atoms with Crippen molar-refractivity contribution in [2.75, 3.05) is 52.4 Å². The Balaban J connectivity index is 1.34. The van der Waals surface area contributed by atoms with Crippen LogP contribution in [0.15, 0.2) is 48.5 Å². The second-order valence-corrected chi connectivity index (χ2v) is 13.4. The third-order valence-electron chi connectivity index (χ3n) is 9.88. The summed E-state index contributed by atoms with van der Waals surface area (Å²) in [6.45, 7) is 7.41. The van der Waals surface area contributed by atoms with E-state index in [0.29, 0.717) is 56.9 Å². The number of benzene rings is 2. The van der Waals surface area contributed by atoms with Crippen LogP contribution in [0.4, 0.5) is 13.6 Å². The van der Waals surface area contributed by atoms with Gasteiger partial charge in [0.2, 0.25) is 11.8 Å². The molecule has 250 valence electrons. The molecule has 3 heterocycles. The van der Waals surface area contributed by atoms with Crippen molar-refractivity contribution in [3.8, 4) is 0 Å². The first kappa shape index (κ1) is 33.8. The van der Waals surface area contributed by atoms with E-state index < -0.39 is 23.1 Å². The molecule has 3 fully saturated rings. The van der Waals surface area contributed by atoms with Crippen LogP contribution < -0.4 is 10.6 Å². The molecule has 4 amide bonds.